The summed E-state index contributed by atoms with van der Waals surface area (Å²) in [5, 5.41) is 13.5. The summed E-state index contributed by atoms with van der Waals surface area (Å²) in [5.41, 5.74) is 1.84. The van der Waals surface area contributed by atoms with Crippen molar-refractivity contribution in [3.05, 3.63) is 104 Å². The van der Waals surface area contributed by atoms with Gasteiger partial charge in [0.05, 0.1) is 18.0 Å². The minimum Gasteiger partial charge on any atom is -0.314 e. The third kappa shape index (κ3) is 5.21. The van der Waals surface area contributed by atoms with Crippen molar-refractivity contribution in [2.45, 2.75) is 63.6 Å². The lowest BCUT2D eigenvalue weighted by molar-refractivity contribution is 0.294. The van der Waals surface area contributed by atoms with Gasteiger partial charge in [0, 0.05) is 24.3 Å². The molecule has 4 rings (SSSR count). The maximum absolute atomic E-state index is 13.0. The van der Waals surface area contributed by atoms with Crippen LogP contribution in [0.1, 0.15) is 48.8 Å². The first-order valence-corrected chi connectivity index (χ1v) is 12.1. The van der Waals surface area contributed by atoms with Crippen LogP contribution in [0.2, 0.25) is 0 Å². The number of hydrogen-bond donors (Lipinski definition) is 1. The van der Waals surface area contributed by atoms with Crippen molar-refractivity contribution in [2.75, 3.05) is 6.54 Å². The first-order chi connectivity index (χ1) is 16.5. The van der Waals surface area contributed by atoms with Crippen LogP contribution in [0.5, 0.6) is 0 Å². The highest BCUT2D eigenvalue weighted by Crippen LogP contribution is 2.38. The summed E-state index contributed by atoms with van der Waals surface area (Å²) in [4.78, 5) is 25.6. The minimum absolute atomic E-state index is 0.214. The summed E-state index contributed by atoms with van der Waals surface area (Å²) in [6, 6.07) is 22.8. The van der Waals surface area contributed by atoms with E-state index in [1.54, 1.807) is 17.7 Å². The number of aromatic nitrogens is 2. The highest BCUT2D eigenvalue weighted by Gasteiger charge is 2.36. The second-order valence-electron chi connectivity index (χ2n) is 9.31. The van der Waals surface area contributed by atoms with Gasteiger partial charge in [-0.25, -0.2) is 4.79 Å². The first kappa shape index (κ1) is 23.7. The van der Waals surface area contributed by atoms with Gasteiger partial charge in [0.1, 0.15) is 0 Å². The van der Waals surface area contributed by atoms with E-state index in [0.717, 1.165) is 43.4 Å². The molecule has 0 saturated heterocycles. The summed E-state index contributed by atoms with van der Waals surface area (Å²) in [6.07, 6.45) is 5.91. The standard InChI is InChI=1S/C28H32N4O2/c1-22-19-31(20-23-9-4-2-5-10-23)27(34)32(26(22)33)18-8-17-30-25-13-15-28(21-29,16-14-25)24-11-6-3-7-12-24/h2-7,9-12,19,25,30H,8,13-18,20H2,1H3. The summed E-state index contributed by atoms with van der Waals surface area (Å²) in [7, 11) is 0. The molecule has 1 N–H and O–H groups in total. The SMILES string of the molecule is Cc1cn(Cc2ccccc2)c(=O)n(CCCNC2CCC(C#N)(c3ccccc3)CC2)c1=O. The van der Waals surface area contributed by atoms with E-state index in [0.29, 0.717) is 31.1 Å². The molecule has 0 bridgehead atoms. The summed E-state index contributed by atoms with van der Waals surface area (Å²) in [6.45, 7) is 3.32. The number of aryl methyl sites for hydroxylation is 1. The lowest BCUT2D eigenvalue weighted by atomic mass is 9.69. The van der Waals surface area contributed by atoms with Crippen LogP contribution in [-0.4, -0.2) is 21.7 Å². The molecule has 1 heterocycles. The van der Waals surface area contributed by atoms with Gasteiger partial charge in [-0.3, -0.25) is 13.9 Å². The van der Waals surface area contributed by atoms with Crippen LogP contribution in [0.4, 0.5) is 0 Å². The van der Waals surface area contributed by atoms with Crippen molar-refractivity contribution in [3.8, 4) is 6.07 Å². The number of rotatable bonds is 8. The molecular formula is C28H32N4O2. The molecule has 6 nitrogen and oxygen atoms in total. The van der Waals surface area contributed by atoms with Crippen LogP contribution < -0.4 is 16.6 Å². The van der Waals surface area contributed by atoms with Crippen molar-refractivity contribution in [2.24, 2.45) is 0 Å². The Morgan fingerprint density at radius 3 is 2.32 bits per heavy atom. The molecule has 0 radical (unpaired) electrons. The summed E-state index contributed by atoms with van der Waals surface area (Å²) < 4.78 is 2.97. The Kier molecular flexibility index (Phi) is 7.44. The van der Waals surface area contributed by atoms with Crippen molar-refractivity contribution in [1.29, 1.82) is 5.26 Å². The number of hydrogen-bond acceptors (Lipinski definition) is 4. The van der Waals surface area contributed by atoms with Gasteiger partial charge in [0.2, 0.25) is 0 Å². The zero-order valence-electron chi connectivity index (χ0n) is 19.7. The quantitative estimate of drug-likeness (QED) is 0.524. The molecule has 0 spiro atoms. The number of nitrogens with one attached hydrogen (secondary N) is 1. The van der Waals surface area contributed by atoms with Gasteiger partial charge >= 0.3 is 5.69 Å². The number of nitrogens with zero attached hydrogens (tertiary/aromatic N) is 3. The fourth-order valence-electron chi connectivity index (χ4n) is 4.97. The van der Waals surface area contributed by atoms with Gasteiger partial charge in [0.15, 0.2) is 0 Å². The summed E-state index contributed by atoms with van der Waals surface area (Å²) in [5.74, 6) is 0. The largest absolute Gasteiger partial charge is 0.331 e. The van der Waals surface area contributed by atoms with Crippen LogP contribution >= 0.6 is 0 Å². The van der Waals surface area contributed by atoms with E-state index in [9.17, 15) is 14.9 Å². The average Bonchev–Trinajstić information content (AvgIpc) is 2.88. The van der Waals surface area contributed by atoms with Crippen LogP contribution in [0.15, 0.2) is 76.4 Å². The third-order valence-corrected chi connectivity index (χ3v) is 6.98. The normalized spacial score (nSPS) is 20.1. The molecule has 1 aromatic heterocycles. The van der Waals surface area contributed by atoms with E-state index in [-0.39, 0.29) is 11.2 Å². The lowest BCUT2D eigenvalue weighted by Gasteiger charge is -2.35. The molecule has 0 unspecified atom stereocenters. The molecule has 0 atom stereocenters. The van der Waals surface area contributed by atoms with E-state index < -0.39 is 5.41 Å². The Hall–Kier alpha value is -3.43. The van der Waals surface area contributed by atoms with Gasteiger partial charge in [0.25, 0.3) is 5.56 Å². The highest BCUT2D eigenvalue weighted by molar-refractivity contribution is 5.33. The molecule has 34 heavy (non-hydrogen) atoms. The van der Waals surface area contributed by atoms with E-state index in [2.05, 4.69) is 23.5 Å². The van der Waals surface area contributed by atoms with Crippen molar-refractivity contribution in [3.63, 3.8) is 0 Å². The zero-order chi connectivity index (χ0) is 24.0. The molecule has 3 aromatic rings. The molecular weight excluding hydrogens is 424 g/mol. The van der Waals surface area contributed by atoms with Crippen LogP contribution in [-0.2, 0) is 18.5 Å². The van der Waals surface area contributed by atoms with Crippen molar-refractivity contribution >= 4 is 0 Å². The van der Waals surface area contributed by atoms with Crippen molar-refractivity contribution < 1.29 is 0 Å². The average molecular weight is 457 g/mol. The molecule has 1 saturated carbocycles. The van der Waals surface area contributed by atoms with E-state index in [1.165, 1.54) is 4.57 Å². The second-order valence-corrected chi connectivity index (χ2v) is 9.31. The van der Waals surface area contributed by atoms with Gasteiger partial charge in [-0.1, -0.05) is 60.7 Å². The van der Waals surface area contributed by atoms with Gasteiger partial charge in [-0.05, 0) is 56.7 Å². The Morgan fingerprint density at radius 2 is 1.68 bits per heavy atom. The van der Waals surface area contributed by atoms with Gasteiger partial charge in [-0.2, -0.15) is 5.26 Å². The highest BCUT2D eigenvalue weighted by atomic mass is 16.2. The molecule has 0 aliphatic heterocycles. The lowest BCUT2D eigenvalue weighted by Crippen LogP contribution is -2.42. The smallest absolute Gasteiger partial charge is 0.314 e. The Morgan fingerprint density at radius 1 is 1.03 bits per heavy atom. The fraction of sp³-hybridized carbons (Fsp3) is 0.393. The number of benzene rings is 2. The Labute approximate surface area is 200 Å². The van der Waals surface area contributed by atoms with Crippen LogP contribution in [0, 0.1) is 18.3 Å². The van der Waals surface area contributed by atoms with Crippen LogP contribution in [0.3, 0.4) is 0 Å². The van der Waals surface area contributed by atoms with Gasteiger partial charge < -0.3 is 5.32 Å². The first-order valence-electron chi connectivity index (χ1n) is 12.1. The monoisotopic (exact) mass is 456 g/mol. The topological polar surface area (TPSA) is 79.8 Å². The molecule has 1 aliphatic rings. The molecule has 2 aromatic carbocycles. The molecule has 0 amide bonds. The minimum atomic E-state index is -0.391. The maximum Gasteiger partial charge on any atom is 0.331 e. The summed E-state index contributed by atoms with van der Waals surface area (Å²) >= 11 is 0. The Balaban J connectivity index is 1.33. The molecule has 1 fully saturated rings. The predicted molar refractivity (Wildman–Crippen MR) is 134 cm³/mol. The molecule has 1 aliphatic carbocycles. The Bertz CT molecular complexity index is 1250. The van der Waals surface area contributed by atoms with E-state index >= 15 is 0 Å². The third-order valence-electron chi connectivity index (χ3n) is 6.98. The maximum atomic E-state index is 13.0. The zero-order valence-corrected chi connectivity index (χ0v) is 19.7. The molecule has 176 valence electrons. The fourth-order valence-corrected chi connectivity index (χ4v) is 4.97. The number of nitriles is 1. The predicted octanol–water partition coefficient (Wildman–Crippen LogP) is 3.75. The van der Waals surface area contributed by atoms with E-state index in [1.807, 2.05) is 48.5 Å². The van der Waals surface area contributed by atoms with Gasteiger partial charge in [-0.15, -0.1) is 0 Å². The van der Waals surface area contributed by atoms with E-state index in [4.69, 9.17) is 0 Å². The van der Waals surface area contributed by atoms with Crippen molar-refractivity contribution in [1.82, 2.24) is 14.5 Å². The second kappa shape index (κ2) is 10.7. The molecule has 6 heteroatoms. The van der Waals surface area contributed by atoms with Crippen LogP contribution in [0.25, 0.3) is 0 Å².